The Bertz CT molecular complexity index is 1120. The van der Waals surface area contributed by atoms with Crippen LogP contribution in [-0.2, 0) is 10.0 Å². The Morgan fingerprint density at radius 1 is 0.821 bits per heavy atom. The quantitative estimate of drug-likeness (QED) is 0.661. The zero-order valence-electron chi connectivity index (χ0n) is 16.0. The Kier molecular flexibility index (Phi) is 5.51. The molecule has 1 amide bonds. The Labute approximate surface area is 165 Å². The van der Waals surface area contributed by atoms with E-state index in [1.807, 2.05) is 26.0 Å². The number of carbonyl (C=O) groups is 1. The SMILES string of the molecule is Cc1ccc(C(=O)Nc2ccc(C)c(NS(=O)(=O)c3ccccc3)c2)c(C)c1. The van der Waals surface area contributed by atoms with E-state index >= 15 is 0 Å². The molecule has 5 nitrogen and oxygen atoms in total. The van der Waals surface area contributed by atoms with Crippen molar-refractivity contribution in [3.05, 3.63) is 89.0 Å². The summed E-state index contributed by atoms with van der Waals surface area (Å²) in [7, 11) is -3.71. The molecule has 0 fully saturated rings. The predicted molar refractivity (Wildman–Crippen MR) is 112 cm³/mol. The molecule has 3 rings (SSSR count). The lowest BCUT2D eigenvalue weighted by molar-refractivity contribution is 0.102. The van der Waals surface area contributed by atoms with Crippen LogP contribution in [0.5, 0.6) is 0 Å². The largest absolute Gasteiger partial charge is 0.322 e. The molecule has 0 atom stereocenters. The van der Waals surface area contributed by atoms with Crippen LogP contribution >= 0.6 is 0 Å². The highest BCUT2D eigenvalue weighted by Crippen LogP contribution is 2.24. The predicted octanol–water partition coefficient (Wildman–Crippen LogP) is 4.66. The molecule has 28 heavy (non-hydrogen) atoms. The summed E-state index contributed by atoms with van der Waals surface area (Å²) in [5, 5.41) is 2.84. The van der Waals surface area contributed by atoms with Crippen LogP contribution in [0.25, 0.3) is 0 Å². The second-order valence-corrected chi connectivity index (χ2v) is 8.40. The molecule has 0 aliphatic heterocycles. The topological polar surface area (TPSA) is 75.3 Å². The van der Waals surface area contributed by atoms with E-state index in [2.05, 4.69) is 10.0 Å². The molecule has 0 bridgehead atoms. The minimum Gasteiger partial charge on any atom is -0.322 e. The summed E-state index contributed by atoms with van der Waals surface area (Å²) in [5.74, 6) is -0.238. The first-order valence-corrected chi connectivity index (χ1v) is 10.3. The molecule has 3 aromatic carbocycles. The second-order valence-electron chi connectivity index (χ2n) is 6.72. The summed E-state index contributed by atoms with van der Waals surface area (Å²) in [6.45, 7) is 5.66. The fourth-order valence-corrected chi connectivity index (χ4v) is 4.02. The summed E-state index contributed by atoms with van der Waals surface area (Å²) in [6, 6.07) is 18.9. The standard InChI is InChI=1S/C22H22N2O3S/c1-15-9-12-20(17(3)13-15)22(25)23-18-11-10-16(2)21(14-18)24-28(26,27)19-7-5-4-6-8-19/h4-14,24H,1-3H3,(H,23,25). The molecule has 0 saturated heterocycles. The van der Waals surface area contributed by atoms with E-state index < -0.39 is 10.0 Å². The number of carbonyl (C=O) groups excluding carboxylic acids is 1. The summed E-state index contributed by atoms with van der Waals surface area (Å²) < 4.78 is 27.8. The minimum absolute atomic E-state index is 0.180. The molecule has 0 aliphatic carbocycles. The molecule has 0 radical (unpaired) electrons. The fraction of sp³-hybridized carbons (Fsp3) is 0.136. The highest BCUT2D eigenvalue weighted by atomic mass is 32.2. The van der Waals surface area contributed by atoms with Gasteiger partial charge in [0, 0.05) is 11.3 Å². The van der Waals surface area contributed by atoms with Crippen LogP contribution in [0, 0.1) is 20.8 Å². The third-order valence-corrected chi connectivity index (χ3v) is 5.80. The lowest BCUT2D eigenvalue weighted by Gasteiger charge is -2.13. The van der Waals surface area contributed by atoms with Crippen molar-refractivity contribution in [1.82, 2.24) is 0 Å². The van der Waals surface area contributed by atoms with E-state index in [0.717, 1.165) is 16.7 Å². The van der Waals surface area contributed by atoms with Crippen molar-refractivity contribution in [2.24, 2.45) is 0 Å². The first-order chi connectivity index (χ1) is 13.3. The monoisotopic (exact) mass is 394 g/mol. The first kappa shape index (κ1) is 19.6. The molecule has 6 heteroatoms. The van der Waals surface area contributed by atoms with Gasteiger partial charge >= 0.3 is 0 Å². The lowest BCUT2D eigenvalue weighted by atomic mass is 10.1. The zero-order valence-corrected chi connectivity index (χ0v) is 16.8. The van der Waals surface area contributed by atoms with Gasteiger partial charge in [0.1, 0.15) is 0 Å². The van der Waals surface area contributed by atoms with Gasteiger partial charge in [0.2, 0.25) is 0 Å². The smallest absolute Gasteiger partial charge is 0.261 e. The normalized spacial score (nSPS) is 11.1. The third kappa shape index (κ3) is 4.40. The van der Waals surface area contributed by atoms with Crippen molar-refractivity contribution < 1.29 is 13.2 Å². The molecule has 144 valence electrons. The fourth-order valence-electron chi connectivity index (χ4n) is 2.88. The number of anilines is 2. The Morgan fingerprint density at radius 3 is 2.21 bits per heavy atom. The summed E-state index contributed by atoms with van der Waals surface area (Å²) in [5.41, 5.74) is 4.24. The van der Waals surface area contributed by atoms with Gasteiger partial charge in [-0.15, -0.1) is 0 Å². The van der Waals surface area contributed by atoms with Gasteiger partial charge < -0.3 is 5.32 Å². The lowest BCUT2D eigenvalue weighted by Crippen LogP contribution is -2.16. The highest BCUT2D eigenvalue weighted by Gasteiger charge is 2.16. The average molecular weight is 394 g/mol. The maximum absolute atomic E-state index is 12.6. The van der Waals surface area contributed by atoms with Crippen molar-refractivity contribution in [3.8, 4) is 0 Å². The Morgan fingerprint density at radius 2 is 1.54 bits per heavy atom. The maximum Gasteiger partial charge on any atom is 0.261 e. The van der Waals surface area contributed by atoms with Gasteiger partial charge in [-0.2, -0.15) is 0 Å². The van der Waals surface area contributed by atoms with E-state index in [1.165, 1.54) is 12.1 Å². The summed E-state index contributed by atoms with van der Waals surface area (Å²) >= 11 is 0. The van der Waals surface area contributed by atoms with Gasteiger partial charge in [0.25, 0.3) is 15.9 Å². The second kappa shape index (κ2) is 7.86. The van der Waals surface area contributed by atoms with Gasteiger partial charge in [-0.3, -0.25) is 9.52 Å². The van der Waals surface area contributed by atoms with Crippen LogP contribution in [-0.4, -0.2) is 14.3 Å². The highest BCUT2D eigenvalue weighted by molar-refractivity contribution is 7.92. The van der Waals surface area contributed by atoms with Crippen LogP contribution in [0.2, 0.25) is 0 Å². The molecule has 0 unspecified atom stereocenters. The average Bonchev–Trinajstić information content (AvgIpc) is 2.65. The summed E-state index contributed by atoms with van der Waals surface area (Å²) in [6.07, 6.45) is 0. The molecule has 0 aliphatic rings. The number of sulfonamides is 1. The number of nitrogens with one attached hydrogen (secondary N) is 2. The molecule has 0 heterocycles. The first-order valence-electron chi connectivity index (χ1n) is 8.83. The molecule has 0 spiro atoms. The maximum atomic E-state index is 12.6. The van der Waals surface area contributed by atoms with Crippen molar-refractivity contribution >= 4 is 27.3 Å². The number of benzene rings is 3. The molecular formula is C22H22N2O3S. The number of aryl methyl sites for hydroxylation is 3. The van der Waals surface area contributed by atoms with E-state index in [9.17, 15) is 13.2 Å². The van der Waals surface area contributed by atoms with E-state index in [1.54, 1.807) is 49.4 Å². The molecule has 0 aromatic heterocycles. The van der Waals surface area contributed by atoms with Crippen molar-refractivity contribution in [2.75, 3.05) is 10.0 Å². The number of hydrogen-bond acceptors (Lipinski definition) is 3. The molecule has 0 saturated carbocycles. The van der Waals surface area contributed by atoms with Gasteiger partial charge in [0.15, 0.2) is 0 Å². The van der Waals surface area contributed by atoms with Crippen LogP contribution in [0.15, 0.2) is 71.6 Å². The molecule has 3 aromatic rings. The summed E-state index contributed by atoms with van der Waals surface area (Å²) in [4.78, 5) is 12.8. The van der Waals surface area contributed by atoms with Crippen LogP contribution in [0.4, 0.5) is 11.4 Å². The van der Waals surface area contributed by atoms with Crippen LogP contribution in [0.1, 0.15) is 27.0 Å². The van der Waals surface area contributed by atoms with Gasteiger partial charge in [-0.05, 0) is 62.2 Å². The van der Waals surface area contributed by atoms with Gasteiger partial charge in [0.05, 0.1) is 10.6 Å². The number of rotatable bonds is 5. The molecule has 2 N–H and O–H groups in total. The minimum atomic E-state index is -3.71. The molecular weight excluding hydrogens is 372 g/mol. The van der Waals surface area contributed by atoms with E-state index in [0.29, 0.717) is 16.9 Å². The zero-order chi connectivity index (χ0) is 20.3. The van der Waals surface area contributed by atoms with Crippen LogP contribution < -0.4 is 10.0 Å². The Hall–Kier alpha value is -3.12. The number of amides is 1. The van der Waals surface area contributed by atoms with E-state index in [4.69, 9.17) is 0 Å². The van der Waals surface area contributed by atoms with Crippen LogP contribution in [0.3, 0.4) is 0 Å². The van der Waals surface area contributed by atoms with E-state index in [-0.39, 0.29) is 10.8 Å². The van der Waals surface area contributed by atoms with Crippen molar-refractivity contribution in [2.45, 2.75) is 25.7 Å². The third-order valence-electron chi connectivity index (χ3n) is 4.42. The van der Waals surface area contributed by atoms with Gasteiger partial charge in [-0.1, -0.05) is 42.0 Å². The van der Waals surface area contributed by atoms with Crippen molar-refractivity contribution in [3.63, 3.8) is 0 Å². The Balaban J connectivity index is 1.84. The number of hydrogen-bond donors (Lipinski definition) is 2. The van der Waals surface area contributed by atoms with Gasteiger partial charge in [-0.25, -0.2) is 8.42 Å². The van der Waals surface area contributed by atoms with Crippen molar-refractivity contribution in [1.29, 1.82) is 0 Å².